The van der Waals surface area contributed by atoms with E-state index in [9.17, 15) is 9.59 Å². The standard InChI is InChI=1S/C26H27N5O4.C7H6O2/c1-3-4-19-23-24(31(2)30-19)26(27-15-17-7-10-20-21(13-17)35-12-11-34-20)29-25(28-23)18-8-5-16(6-9-18)14-22(32)33;8-7(9)6-4-2-1-3-5-6/h5-10,13H,3-4,11-12,14-15H2,1-2H3,(H,32,33)(H,27,28,29);1-5H,(H,8,9). The summed E-state index contributed by atoms with van der Waals surface area (Å²) in [7, 11) is 1.90. The molecule has 5 aromatic rings. The lowest BCUT2D eigenvalue weighted by molar-refractivity contribution is -0.136. The van der Waals surface area contributed by atoms with Crippen LogP contribution < -0.4 is 14.8 Å². The zero-order chi connectivity index (χ0) is 31.1. The Morgan fingerprint density at radius 3 is 2.27 bits per heavy atom. The van der Waals surface area contributed by atoms with Gasteiger partial charge in [-0.2, -0.15) is 5.10 Å². The van der Waals surface area contributed by atoms with Gasteiger partial charge in [-0.25, -0.2) is 14.8 Å². The van der Waals surface area contributed by atoms with Gasteiger partial charge in [0.2, 0.25) is 0 Å². The third-order valence-corrected chi connectivity index (χ3v) is 6.89. The van der Waals surface area contributed by atoms with Crippen LogP contribution >= 0.6 is 0 Å². The van der Waals surface area contributed by atoms with Gasteiger partial charge in [0.05, 0.1) is 17.7 Å². The Hall–Kier alpha value is -5.45. The van der Waals surface area contributed by atoms with Crippen LogP contribution in [0.5, 0.6) is 11.5 Å². The van der Waals surface area contributed by atoms with E-state index < -0.39 is 11.9 Å². The van der Waals surface area contributed by atoms with E-state index in [0.29, 0.717) is 37.0 Å². The summed E-state index contributed by atoms with van der Waals surface area (Å²) in [6, 6.07) is 21.5. The Bertz CT molecular complexity index is 1770. The molecule has 0 atom stereocenters. The second-order valence-corrected chi connectivity index (χ2v) is 10.2. The summed E-state index contributed by atoms with van der Waals surface area (Å²) < 4.78 is 13.2. The Balaban J connectivity index is 0.000000367. The van der Waals surface area contributed by atoms with Gasteiger partial charge in [0, 0.05) is 19.2 Å². The Kier molecular flexibility index (Phi) is 9.34. The number of aromatic nitrogens is 4. The predicted molar refractivity (Wildman–Crippen MR) is 165 cm³/mol. The van der Waals surface area contributed by atoms with Crippen LogP contribution in [-0.2, 0) is 31.2 Å². The molecular weight excluding hydrogens is 562 g/mol. The summed E-state index contributed by atoms with van der Waals surface area (Å²) in [5, 5.41) is 25.6. The average molecular weight is 596 g/mol. The molecule has 0 saturated carbocycles. The highest BCUT2D eigenvalue weighted by atomic mass is 16.6. The van der Waals surface area contributed by atoms with Crippen LogP contribution in [0.25, 0.3) is 22.4 Å². The van der Waals surface area contributed by atoms with E-state index >= 15 is 0 Å². The van der Waals surface area contributed by atoms with Crippen molar-refractivity contribution in [1.82, 2.24) is 19.7 Å². The maximum absolute atomic E-state index is 11.0. The van der Waals surface area contributed by atoms with Crippen molar-refractivity contribution in [3.05, 3.63) is 95.2 Å². The second-order valence-electron chi connectivity index (χ2n) is 10.2. The first kappa shape index (κ1) is 30.0. The molecule has 0 bridgehead atoms. The number of hydrogen-bond acceptors (Lipinski definition) is 8. The molecule has 226 valence electrons. The molecular formula is C33H33N5O6. The monoisotopic (exact) mass is 595 g/mol. The smallest absolute Gasteiger partial charge is 0.335 e. The number of benzene rings is 3. The quantitative estimate of drug-likeness (QED) is 0.203. The second kappa shape index (κ2) is 13.7. The normalized spacial score (nSPS) is 11.9. The van der Waals surface area contributed by atoms with Gasteiger partial charge in [-0.05, 0) is 41.8 Å². The molecule has 0 radical (unpaired) electrons. The number of aromatic carboxylic acids is 1. The van der Waals surface area contributed by atoms with Crippen LogP contribution in [0, 0.1) is 0 Å². The summed E-state index contributed by atoms with van der Waals surface area (Å²) >= 11 is 0. The molecule has 3 heterocycles. The first-order chi connectivity index (χ1) is 21.3. The molecule has 11 heteroatoms. The van der Waals surface area contributed by atoms with Crippen molar-refractivity contribution in [1.29, 1.82) is 0 Å². The number of rotatable bonds is 9. The van der Waals surface area contributed by atoms with Crippen LogP contribution in [-0.4, -0.2) is 55.1 Å². The number of nitrogens with zero attached hydrogens (tertiary/aromatic N) is 4. The Morgan fingerprint density at radius 2 is 1.61 bits per heavy atom. The van der Waals surface area contributed by atoms with E-state index in [0.717, 1.165) is 57.8 Å². The molecule has 44 heavy (non-hydrogen) atoms. The molecule has 3 N–H and O–H groups in total. The van der Waals surface area contributed by atoms with Crippen molar-refractivity contribution < 1.29 is 29.3 Å². The van der Waals surface area contributed by atoms with Crippen LogP contribution in [0.2, 0.25) is 0 Å². The number of carboxylic acid groups (broad SMARTS) is 2. The number of fused-ring (bicyclic) bond motifs is 2. The van der Waals surface area contributed by atoms with Crippen LogP contribution in [0.15, 0.2) is 72.8 Å². The van der Waals surface area contributed by atoms with Crippen molar-refractivity contribution in [3.8, 4) is 22.9 Å². The molecule has 0 fully saturated rings. The SMILES string of the molecule is CCCc1nn(C)c2c(NCc3ccc4c(c3)OCCO4)nc(-c3ccc(CC(=O)O)cc3)nc12.O=C(O)c1ccccc1. The maximum Gasteiger partial charge on any atom is 0.335 e. The van der Waals surface area contributed by atoms with E-state index in [2.05, 4.69) is 12.2 Å². The Labute approximate surface area is 254 Å². The minimum Gasteiger partial charge on any atom is -0.486 e. The topological polar surface area (TPSA) is 149 Å². The van der Waals surface area contributed by atoms with Gasteiger partial charge in [0.1, 0.15) is 24.2 Å². The van der Waals surface area contributed by atoms with Gasteiger partial charge in [-0.1, -0.05) is 61.9 Å². The highest BCUT2D eigenvalue weighted by Gasteiger charge is 2.18. The van der Waals surface area contributed by atoms with Crippen LogP contribution in [0.4, 0.5) is 5.82 Å². The Morgan fingerprint density at radius 1 is 0.909 bits per heavy atom. The van der Waals surface area contributed by atoms with Crippen LogP contribution in [0.3, 0.4) is 0 Å². The highest BCUT2D eigenvalue weighted by molar-refractivity contribution is 5.89. The fourth-order valence-corrected chi connectivity index (χ4v) is 4.81. The summed E-state index contributed by atoms with van der Waals surface area (Å²) in [6.45, 7) is 3.75. The molecule has 1 aliphatic rings. The summed E-state index contributed by atoms with van der Waals surface area (Å²) in [4.78, 5) is 30.9. The molecule has 1 aliphatic heterocycles. The summed E-state index contributed by atoms with van der Waals surface area (Å²) in [5.74, 6) is 1.02. The lowest BCUT2D eigenvalue weighted by atomic mass is 10.1. The number of carbonyl (C=O) groups is 2. The third kappa shape index (κ3) is 7.12. The van der Waals surface area contributed by atoms with E-state index in [1.165, 1.54) is 0 Å². The number of carboxylic acids is 2. The van der Waals surface area contributed by atoms with E-state index in [-0.39, 0.29) is 6.42 Å². The maximum atomic E-state index is 11.0. The molecule has 6 rings (SSSR count). The first-order valence-corrected chi connectivity index (χ1v) is 14.3. The van der Waals surface area contributed by atoms with Crippen molar-refractivity contribution in [2.45, 2.75) is 32.7 Å². The highest BCUT2D eigenvalue weighted by Crippen LogP contribution is 2.32. The number of anilines is 1. The minimum absolute atomic E-state index is 0.0221. The average Bonchev–Trinajstić information content (AvgIpc) is 3.35. The molecule has 2 aromatic heterocycles. The number of ether oxygens (including phenoxy) is 2. The van der Waals surface area contributed by atoms with Crippen molar-refractivity contribution >= 4 is 28.8 Å². The zero-order valence-corrected chi connectivity index (χ0v) is 24.5. The largest absolute Gasteiger partial charge is 0.486 e. The third-order valence-electron chi connectivity index (χ3n) is 6.89. The molecule has 3 aromatic carbocycles. The lowest BCUT2D eigenvalue weighted by Gasteiger charge is -2.19. The first-order valence-electron chi connectivity index (χ1n) is 14.3. The zero-order valence-electron chi connectivity index (χ0n) is 24.5. The lowest BCUT2D eigenvalue weighted by Crippen LogP contribution is -2.15. The number of nitrogens with one attached hydrogen (secondary N) is 1. The summed E-state index contributed by atoms with van der Waals surface area (Å²) in [6.07, 6.45) is 1.74. The van der Waals surface area contributed by atoms with Crippen molar-refractivity contribution in [2.24, 2.45) is 7.05 Å². The van der Waals surface area contributed by atoms with Gasteiger partial charge in [0.25, 0.3) is 0 Å². The minimum atomic E-state index is -0.879. The molecule has 0 amide bonds. The van der Waals surface area contributed by atoms with Gasteiger partial charge in [-0.15, -0.1) is 0 Å². The van der Waals surface area contributed by atoms with E-state index in [4.69, 9.17) is 34.8 Å². The molecule has 0 unspecified atom stereocenters. The number of aliphatic carboxylic acids is 1. The summed E-state index contributed by atoms with van der Waals surface area (Å²) in [5.41, 5.74) is 5.51. The van der Waals surface area contributed by atoms with Gasteiger partial charge >= 0.3 is 11.9 Å². The van der Waals surface area contributed by atoms with Crippen LogP contribution in [0.1, 0.15) is 40.5 Å². The van der Waals surface area contributed by atoms with Gasteiger partial charge in [-0.3, -0.25) is 9.48 Å². The van der Waals surface area contributed by atoms with E-state index in [1.807, 2.05) is 42.1 Å². The molecule has 0 saturated heterocycles. The fraction of sp³-hybridized carbons (Fsp3) is 0.242. The molecule has 0 spiro atoms. The van der Waals surface area contributed by atoms with Gasteiger partial charge < -0.3 is 25.0 Å². The number of hydrogen-bond donors (Lipinski definition) is 3. The van der Waals surface area contributed by atoms with E-state index in [1.54, 1.807) is 42.5 Å². The predicted octanol–water partition coefficient (Wildman–Crippen LogP) is 5.38. The number of aryl methyl sites for hydroxylation is 2. The van der Waals surface area contributed by atoms with Crippen molar-refractivity contribution in [3.63, 3.8) is 0 Å². The molecule has 0 aliphatic carbocycles. The van der Waals surface area contributed by atoms with Crippen molar-refractivity contribution in [2.75, 3.05) is 18.5 Å². The fourth-order valence-electron chi connectivity index (χ4n) is 4.81. The van der Waals surface area contributed by atoms with Gasteiger partial charge in [0.15, 0.2) is 23.1 Å². The molecule has 11 nitrogen and oxygen atoms in total.